The van der Waals surface area contributed by atoms with Crippen molar-refractivity contribution in [2.24, 2.45) is 0 Å². The van der Waals surface area contributed by atoms with Crippen molar-refractivity contribution in [3.8, 4) is 5.75 Å². The third-order valence-electron chi connectivity index (χ3n) is 2.01. The molecule has 1 heterocycles. The second-order valence-electron chi connectivity index (χ2n) is 3.23. The SMILES string of the molecule is Clc1ccc(COc2ccc(Br)cc2)cn1. The first-order valence-electron chi connectivity index (χ1n) is 4.73. The van der Waals surface area contributed by atoms with E-state index in [9.17, 15) is 0 Å². The van der Waals surface area contributed by atoms with Crippen LogP contribution in [0.15, 0.2) is 47.1 Å². The second kappa shape index (κ2) is 5.32. The van der Waals surface area contributed by atoms with Gasteiger partial charge in [-0.2, -0.15) is 0 Å². The lowest BCUT2D eigenvalue weighted by Crippen LogP contribution is -1.95. The highest BCUT2D eigenvalue weighted by Gasteiger charge is 1.96. The summed E-state index contributed by atoms with van der Waals surface area (Å²) in [7, 11) is 0. The van der Waals surface area contributed by atoms with Gasteiger partial charge in [0.15, 0.2) is 0 Å². The molecule has 2 aromatic rings. The zero-order valence-corrected chi connectivity index (χ0v) is 10.7. The Labute approximate surface area is 107 Å². The monoisotopic (exact) mass is 297 g/mol. The van der Waals surface area contributed by atoms with Crippen molar-refractivity contribution >= 4 is 27.5 Å². The first kappa shape index (κ1) is 11.4. The van der Waals surface area contributed by atoms with Crippen LogP contribution in [0.4, 0.5) is 0 Å². The van der Waals surface area contributed by atoms with E-state index < -0.39 is 0 Å². The van der Waals surface area contributed by atoms with Gasteiger partial charge in [0.05, 0.1) is 0 Å². The molecule has 1 aromatic carbocycles. The molecular formula is C12H9BrClNO. The molecule has 2 rings (SSSR count). The highest BCUT2D eigenvalue weighted by molar-refractivity contribution is 9.10. The van der Waals surface area contributed by atoms with Crippen molar-refractivity contribution in [3.05, 3.63) is 57.8 Å². The maximum absolute atomic E-state index is 5.69. The molecule has 4 heteroatoms. The van der Waals surface area contributed by atoms with Crippen LogP contribution in [0.5, 0.6) is 5.75 Å². The van der Waals surface area contributed by atoms with Crippen LogP contribution in [-0.4, -0.2) is 4.98 Å². The number of nitrogens with zero attached hydrogens (tertiary/aromatic N) is 1. The minimum Gasteiger partial charge on any atom is -0.489 e. The van der Waals surface area contributed by atoms with E-state index >= 15 is 0 Å². The second-order valence-corrected chi connectivity index (χ2v) is 4.53. The third-order valence-corrected chi connectivity index (χ3v) is 2.76. The third kappa shape index (κ3) is 3.22. The topological polar surface area (TPSA) is 22.1 Å². The fourth-order valence-corrected chi connectivity index (χ4v) is 1.57. The first-order valence-corrected chi connectivity index (χ1v) is 5.90. The van der Waals surface area contributed by atoms with Gasteiger partial charge in [0.25, 0.3) is 0 Å². The molecule has 0 amide bonds. The molecule has 0 aliphatic carbocycles. The molecule has 0 aliphatic heterocycles. The summed E-state index contributed by atoms with van der Waals surface area (Å²) in [5.74, 6) is 0.832. The number of ether oxygens (including phenoxy) is 1. The van der Waals surface area contributed by atoms with Crippen LogP contribution >= 0.6 is 27.5 Å². The van der Waals surface area contributed by atoms with E-state index in [1.807, 2.05) is 30.3 Å². The Morgan fingerprint density at radius 2 is 1.88 bits per heavy atom. The van der Waals surface area contributed by atoms with Gasteiger partial charge in [-0.05, 0) is 30.3 Å². The normalized spacial score (nSPS) is 10.1. The molecular weight excluding hydrogens is 289 g/mol. The zero-order chi connectivity index (χ0) is 11.4. The van der Waals surface area contributed by atoms with Crippen molar-refractivity contribution in [1.29, 1.82) is 0 Å². The highest BCUT2D eigenvalue weighted by Crippen LogP contribution is 2.17. The van der Waals surface area contributed by atoms with Crippen molar-refractivity contribution in [3.63, 3.8) is 0 Å². The highest BCUT2D eigenvalue weighted by atomic mass is 79.9. The molecule has 0 saturated carbocycles. The minimum absolute atomic E-state index is 0.492. The Balaban J connectivity index is 1.97. The van der Waals surface area contributed by atoms with Crippen LogP contribution in [0.1, 0.15) is 5.56 Å². The zero-order valence-electron chi connectivity index (χ0n) is 8.36. The number of halogens is 2. The van der Waals surface area contributed by atoms with Crippen LogP contribution in [0.25, 0.3) is 0 Å². The lowest BCUT2D eigenvalue weighted by molar-refractivity contribution is 0.305. The fraction of sp³-hybridized carbons (Fsp3) is 0.0833. The quantitative estimate of drug-likeness (QED) is 0.797. The largest absolute Gasteiger partial charge is 0.489 e. The van der Waals surface area contributed by atoms with Gasteiger partial charge in [0.1, 0.15) is 17.5 Å². The Hall–Kier alpha value is -1.06. The standard InChI is InChI=1S/C12H9BrClNO/c13-10-2-4-11(5-3-10)16-8-9-1-6-12(14)15-7-9/h1-7H,8H2. The van der Waals surface area contributed by atoms with E-state index in [4.69, 9.17) is 16.3 Å². The van der Waals surface area contributed by atoms with Gasteiger partial charge >= 0.3 is 0 Å². The van der Waals surface area contributed by atoms with E-state index in [1.165, 1.54) is 0 Å². The van der Waals surface area contributed by atoms with Gasteiger partial charge in [-0.25, -0.2) is 4.98 Å². The molecule has 0 atom stereocenters. The summed E-state index contributed by atoms with van der Waals surface area (Å²) in [5.41, 5.74) is 0.993. The average Bonchev–Trinajstić information content (AvgIpc) is 2.30. The van der Waals surface area contributed by atoms with E-state index in [1.54, 1.807) is 12.3 Å². The minimum atomic E-state index is 0.492. The lowest BCUT2D eigenvalue weighted by atomic mass is 10.3. The summed E-state index contributed by atoms with van der Waals surface area (Å²) in [4.78, 5) is 3.98. The Kier molecular flexibility index (Phi) is 3.80. The van der Waals surface area contributed by atoms with Gasteiger partial charge in [0, 0.05) is 16.2 Å². The van der Waals surface area contributed by atoms with Crippen LogP contribution in [-0.2, 0) is 6.61 Å². The Bertz CT molecular complexity index is 410. The number of pyridine rings is 1. The molecule has 0 saturated heterocycles. The fourth-order valence-electron chi connectivity index (χ4n) is 1.19. The van der Waals surface area contributed by atoms with Gasteiger partial charge in [-0.15, -0.1) is 0 Å². The summed E-state index contributed by atoms with van der Waals surface area (Å²) in [6, 6.07) is 11.3. The molecule has 1 aromatic heterocycles. The van der Waals surface area contributed by atoms with Gasteiger partial charge < -0.3 is 4.74 Å². The van der Waals surface area contributed by atoms with Crippen LogP contribution in [0.3, 0.4) is 0 Å². The maximum atomic E-state index is 5.69. The number of hydrogen-bond donors (Lipinski definition) is 0. The molecule has 0 bridgehead atoms. The molecule has 0 fully saturated rings. The number of rotatable bonds is 3. The summed E-state index contributed by atoms with van der Waals surface area (Å²) in [6.45, 7) is 0.492. The Morgan fingerprint density at radius 3 is 2.50 bits per heavy atom. The summed E-state index contributed by atoms with van der Waals surface area (Å²) < 4.78 is 6.62. The average molecular weight is 299 g/mol. The lowest BCUT2D eigenvalue weighted by Gasteiger charge is -2.05. The summed E-state index contributed by atoms with van der Waals surface area (Å²) >= 11 is 9.06. The van der Waals surface area contributed by atoms with Gasteiger partial charge in [0.2, 0.25) is 0 Å². The van der Waals surface area contributed by atoms with Crippen LogP contribution < -0.4 is 4.74 Å². The van der Waals surface area contributed by atoms with Crippen molar-refractivity contribution in [2.75, 3.05) is 0 Å². The van der Waals surface area contributed by atoms with Crippen molar-refractivity contribution < 1.29 is 4.74 Å². The number of aromatic nitrogens is 1. The molecule has 0 N–H and O–H groups in total. The molecule has 0 spiro atoms. The van der Waals surface area contributed by atoms with E-state index in [0.717, 1.165) is 15.8 Å². The molecule has 0 radical (unpaired) electrons. The van der Waals surface area contributed by atoms with Crippen molar-refractivity contribution in [2.45, 2.75) is 6.61 Å². The predicted octanol–water partition coefficient (Wildman–Crippen LogP) is 4.08. The van der Waals surface area contributed by atoms with E-state index in [-0.39, 0.29) is 0 Å². The molecule has 0 aliphatic rings. The van der Waals surface area contributed by atoms with Crippen molar-refractivity contribution in [1.82, 2.24) is 4.98 Å². The summed E-state index contributed by atoms with van der Waals surface area (Å²) in [6.07, 6.45) is 1.71. The van der Waals surface area contributed by atoms with E-state index in [0.29, 0.717) is 11.8 Å². The van der Waals surface area contributed by atoms with Gasteiger partial charge in [-0.3, -0.25) is 0 Å². The number of hydrogen-bond acceptors (Lipinski definition) is 2. The van der Waals surface area contributed by atoms with E-state index in [2.05, 4.69) is 20.9 Å². The van der Waals surface area contributed by atoms with Crippen LogP contribution in [0, 0.1) is 0 Å². The summed E-state index contributed by atoms with van der Waals surface area (Å²) in [5, 5.41) is 0.493. The molecule has 16 heavy (non-hydrogen) atoms. The molecule has 82 valence electrons. The van der Waals surface area contributed by atoms with Crippen LogP contribution in [0.2, 0.25) is 5.15 Å². The smallest absolute Gasteiger partial charge is 0.129 e. The van der Waals surface area contributed by atoms with Gasteiger partial charge in [-0.1, -0.05) is 33.6 Å². The Morgan fingerprint density at radius 1 is 1.12 bits per heavy atom. The first-order chi connectivity index (χ1) is 7.74. The predicted molar refractivity (Wildman–Crippen MR) is 67.7 cm³/mol. The molecule has 0 unspecified atom stereocenters. The number of benzene rings is 1. The maximum Gasteiger partial charge on any atom is 0.129 e. The molecule has 2 nitrogen and oxygen atoms in total.